The van der Waals surface area contributed by atoms with Crippen molar-refractivity contribution in [3.05, 3.63) is 27.9 Å². The third-order valence-corrected chi connectivity index (χ3v) is 3.82. The number of carbonyl (C=O) groups is 3. The maximum Gasteiger partial charge on any atom is 0.328 e. The summed E-state index contributed by atoms with van der Waals surface area (Å²) in [5.74, 6) is -1.72. The van der Waals surface area contributed by atoms with Crippen molar-refractivity contribution in [2.75, 3.05) is 7.11 Å². The van der Waals surface area contributed by atoms with E-state index in [2.05, 4.69) is 20.4 Å². The molecule has 1 heterocycles. The fourth-order valence-electron chi connectivity index (χ4n) is 1.76. The van der Waals surface area contributed by atoms with E-state index in [0.29, 0.717) is 0 Å². The first-order valence-corrected chi connectivity index (χ1v) is 7.96. The Labute approximate surface area is 139 Å². The molecule has 0 aromatic carbocycles. The molecule has 1 rings (SSSR count). The predicted octanol–water partition coefficient (Wildman–Crippen LogP) is 1.40. The van der Waals surface area contributed by atoms with Crippen molar-refractivity contribution in [3.63, 3.8) is 0 Å². The molecule has 0 aliphatic carbocycles. The van der Waals surface area contributed by atoms with Crippen LogP contribution in [-0.4, -0.2) is 35.9 Å². The van der Waals surface area contributed by atoms with Gasteiger partial charge in [-0.05, 0) is 19.8 Å². The molecule has 1 aromatic rings. The number of carbonyl (C=O) groups excluding carboxylic acids is 3. The molecular weight excluding hydrogens is 318 g/mol. The SMILES string of the molecule is CC=C(NC(=O)c1csc(C)n1)C(=O)NC(C(=O)OC)C(C)C. The average molecular weight is 339 g/mol. The molecule has 1 unspecified atom stereocenters. The van der Waals surface area contributed by atoms with Crippen molar-refractivity contribution >= 4 is 29.1 Å². The Morgan fingerprint density at radius 1 is 1.35 bits per heavy atom. The van der Waals surface area contributed by atoms with Crippen LogP contribution in [0.3, 0.4) is 0 Å². The molecule has 7 nitrogen and oxygen atoms in total. The first kappa shape index (κ1) is 18.8. The molecule has 126 valence electrons. The lowest BCUT2D eigenvalue weighted by Crippen LogP contribution is -2.47. The van der Waals surface area contributed by atoms with Gasteiger partial charge in [0.1, 0.15) is 17.4 Å². The highest BCUT2D eigenvalue weighted by molar-refractivity contribution is 7.09. The largest absolute Gasteiger partial charge is 0.467 e. The van der Waals surface area contributed by atoms with Gasteiger partial charge in [-0.1, -0.05) is 19.9 Å². The molecule has 8 heteroatoms. The normalized spacial score (nSPS) is 12.7. The summed E-state index contributed by atoms with van der Waals surface area (Å²) < 4.78 is 4.67. The number of allylic oxidation sites excluding steroid dienone is 1. The van der Waals surface area contributed by atoms with E-state index in [0.717, 1.165) is 5.01 Å². The molecule has 1 aromatic heterocycles. The maximum atomic E-state index is 12.3. The third kappa shape index (κ3) is 5.17. The quantitative estimate of drug-likeness (QED) is 0.603. The summed E-state index contributed by atoms with van der Waals surface area (Å²) >= 11 is 1.34. The number of aromatic nitrogens is 1. The molecule has 0 aliphatic heterocycles. The van der Waals surface area contributed by atoms with E-state index in [1.165, 1.54) is 24.5 Å². The number of esters is 1. The Balaban J connectivity index is 2.79. The van der Waals surface area contributed by atoms with Crippen LogP contribution in [-0.2, 0) is 14.3 Å². The number of ether oxygens (including phenoxy) is 1. The van der Waals surface area contributed by atoms with Crippen LogP contribution in [0.5, 0.6) is 0 Å². The molecule has 23 heavy (non-hydrogen) atoms. The lowest BCUT2D eigenvalue weighted by atomic mass is 10.0. The molecule has 0 fully saturated rings. The summed E-state index contributed by atoms with van der Waals surface area (Å²) in [6.45, 7) is 6.97. The molecule has 0 radical (unpaired) electrons. The van der Waals surface area contributed by atoms with E-state index in [1.54, 1.807) is 33.1 Å². The number of aryl methyl sites for hydroxylation is 1. The Bertz CT molecular complexity index is 622. The van der Waals surface area contributed by atoms with Crippen LogP contribution in [0.15, 0.2) is 17.2 Å². The first-order valence-electron chi connectivity index (χ1n) is 7.08. The van der Waals surface area contributed by atoms with Gasteiger partial charge in [0.15, 0.2) is 0 Å². The predicted molar refractivity (Wildman–Crippen MR) is 86.9 cm³/mol. The summed E-state index contributed by atoms with van der Waals surface area (Å²) in [5.41, 5.74) is 0.295. The van der Waals surface area contributed by atoms with E-state index < -0.39 is 23.8 Å². The number of amides is 2. The smallest absolute Gasteiger partial charge is 0.328 e. The van der Waals surface area contributed by atoms with Crippen molar-refractivity contribution in [1.29, 1.82) is 0 Å². The van der Waals surface area contributed by atoms with E-state index in [-0.39, 0.29) is 17.3 Å². The monoisotopic (exact) mass is 339 g/mol. The second kappa shape index (κ2) is 8.42. The van der Waals surface area contributed by atoms with Crippen molar-refractivity contribution in [2.45, 2.75) is 33.7 Å². The highest BCUT2D eigenvalue weighted by Crippen LogP contribution is 2.09. The van der Waals surface area contributed by atoms with Gasteiger partial charge in [0, 0.05) is 5.38 Å². The number of hydrogen-bond donors (Lipinski definition) is 2. The Morgan fingerprint density at radius 2 is 2.00 bits per heavy atom. The number of thiazole rings is 1. The molecular formula is C15H21N3O4S. The lowest BCUT2D eigenvalue weighted by molar-refractivity contribution is -0.146. The summed E-state index contributed by atoms with van der Waals surface area (Å²) in [6, 6.07) is -0.791. The van der Waals surface area contributed by atoms with Crippen LogP contribution in [0, 0.1) is 12.8 Å². The molecule has 0 aliphatic rings. The molecule has 1 atom stereocenters. The van der Waals surface area contributed by atoms with Crippen LogP contribution >= 0.6 is 11.3 Å². The third-order valence-electron chi connectivity index (χ3n) is 3.04. The zero-order valence-corrected chi connectivity index (χ0v) is 14.6. The summed E-state index contributed by atoms with van der Waals surface area (Å²) in [5, 5.41) is 7.43. The van der Waals surface area contributed by atoms with Gasteiger partial charge in [0.2, 0.25) is 0 Å². The summed E-state index contributed by atoms with van der Waals surface area (Å²) in [7, 11) is 1.26. The van der Waals surface area contributed by atoms with Gasteiger partial charge in [-0.3, -0.25) is 9.59 Å². The Kier molecular flexibility index (Phi) is 6.89. The number of methoxy groups -OCH3 is 1. The molecule has 2 N–H and O–H groups in total. The van der Waals surface area contributed by atoms with Crippen molar-refractivity contribution in [3.8, 4) is 0 Å². The van der Waals surface area contributed by atoms with E-state index in [1.807, 2.05) is 0 Å². The van der Waals surface area contributed by atoms with Crippen LogP contribution in [0.1, 0.15) is 36.3 Å². The van der Waals surface area contributed by atoms with Gasteiger partial charge in [0.05, 0.1) is 12.1 Å². The van der Waals surface area contributed by atoms with Crippen molar-refractivity contribution in [1.82, 2.24) is 15.6 Å². The number of nitrogens with one attached hydrogen (secondary N) is 2. The minimum absolute atomic E-state index is 0.0511. The van der Waals surface area contributed by atoms with Gasteiger partial charge in [-0.15, -0.1) is 11.3 Å². The maximum absolute atomic E-state index is 12.3. The van der Waals surface area contributed by atoms with Crippen molar-refractivity contribution in [2.24, 2.45) is 5.92 Å². The molecule has 0 spiro atoms. The average Bonchev–Trinajstić information content (AvgIpc) is 2.95. The van der Waals surface area contributed by atoms with Gasteiger partial charge < -0.3 is 15.4 Å². The fourth-order valence-corrected chi connectivity index (χ4v) is 2.35. The van der Waals surface area contributed by atoms with Crippen LogP contribution < -0.4 is 10.6 Å². The summed E-state index contributed by atoms with van der Waals surface area (Å²) in [4.78, 5) is 40.1. The second-order valence-corrected chi connectivity index (χ2v) is 6.19. The summed E-state index contributed by atoms with van der Waals surface area (Å²) in [6.07, 6.45) is 1.46. The minimum atomic E-state index is -0.791. The molecule has 0 saturated heterocycles. The van der Waals surface area contributed by atoms with E-state index in [4.69, 9.17) is 0 Å². The fraction of sp³-hybridized carbons (Fsp3) is 0.467. The lowest BCUT2D eigenvalue weighted by Gasteiger charge is -2.20. The van der Waals surface area contributed by atoms with Crippen LogP contribution in [0.4, 0.5) is 0 Å². The van der Waals surface area contributed by atoms with Crippen LogP contribution in [0.2, 0.25) is 0 Å². The number of nitrogens with zero attached hydrogens (tertiary/aromatic N) is 1. The highest BCUT2D eigenvalue weighted by atomic mass is 32.1. The van der Waals surface area contributed by atoms with Gasteiger partial charge in [-0.2, -0.15) is 0 Å². The minimum Gasteiger partial charge on any atom is -0.467 e. The second-order valence-electron chi connectivity index (χ2n) is 5.13. The van der Waals surface area contributed by atoms with Crippen molar-refractivity contribution < 1.29 is 19.1 Å². The Hall–Kier alpha value is -2.22. The highest BCUT2D eigenvalue weighted by Gasteiger charge is 2.26. The van der Waals surface area contributed by atoms with Gasteiger partial charge >= 0.3 is 5.97 Å². The Morgan fingerprint density at radius 3 is 2.43 bits per heavy atom. The van der Waals surface area contributed by atoms with E-state index >= 15 is 0 Å². The van der Waals surface area contributed by atoms with Gasteiger partial charge in [0.25, 0.3) is 11.8 Å². The molecule has 0 bridgehead atoms. The van der Waals surface area contributed by atoms with Gasteiger partial charge in [-0.25, -0.2) is 9.78 Å². The standard InChI is InChI=1S/C15H21N3O4S/c1-6-10(17-14(20)11-7-23-9(4)16-11)13(19)18-12(8(2)3)15(21)22-5/h6-8,12H,1-5H3,(H,17,20)(H,18,19). The molecule has 0 saturated carbocycles. The van der Waals surface area contributed by atoms with E-state index in [9.17, 15) is 14.4 Å². The van der Waals surface area contributed by atoms with Crippen LogP contribution in [0.25, 0.3) is 0 Å². The molecule has 2 amide bonds. The topological polar surface area (TPSA) is 97.4 Å². The zero-order valence-electron chi connectivity index (χ0n) is 13.8. The first-order chi connectivity index (χ1) is 10.8. The number of hydrogen-bond acceptors (Lipinski definition) is 6. The number of rotatable bonds is 6. The zero-order chi connectivity index (χ0) is 17.6.